The van der Waals surface area contributed by atoms with E-state index in [0.717, 1.165) is 0 Å². The van der Waals surface area contributed by atoms with E-state index in [1.165, 1.54) is 0 Å². The number of hydrogen-bond donors (Lipinski definition) is 2. The maximum Gasteiger partial charge on any atom is 0.330 e. The first-order valence-electron chi connectivity index (χ1n) is 5.41. The van der Waals surface area contributed by atoms with Crippen LogP contribution in [0.4, 0.5) is 0 Å². The molecular weight excluding hydrogens is 212 g/mol. The average molecular weight is 228 g/mol. The number of fused-ring (bicyclic) bond motifs is 3. The van der Waals surface area contributed by atoms with Gasteiger partial charge in [-0.2, -0.15) is 11.8 Å². The van der Waals surface area contributed by atoms with Crippen LogP contribution in [0.5, 0.6) is 0 Å². The summed E-state index contributed by atoms with van der Waals surface area (Å²) in [6.45, 7) is 0. The summed E-state index contributed by atoms with van der Waals surface area (Å²) in [4.78, 5) is 31.9. The smallest absolute Gasteiger partial charge is 0.330 e. The van der Waals surface area contributed by atoms with E-state index in [4.69, 9.17) is 11.8 Å². The second-order valence-electron chi connectivity index (χ2n) is 4.87. The lowest BCUT2D eigenvalue weighted by molar-refractivity contribution is -0.178. The second-order valence-corrected chi connectivity index (χ2v) is 4.87. The number of nitrogens with two attached hydrogens (primary N) is 2. The van der Waals surface area contributed by atoms with E-state index in [1.54, 1.807) is 0 Å². The summed E-state index contributed by atoms with van der Waals surface area (Å²) in [5.41, 5.74) is -0.962. The third-order valence-electron chi connectivity index (χ3n) is 4.33. The highest BCUT2D eigenvalue weighted by Gasteiger charge is 2.57. The first kappa shape index (κ1) is 11.3. The molecule has 6 heteroatoms. The third kappa shape index (κ3) is 1.41. The highest BCUT2D eigenvalue weighted by atomic mass is 16.7. The zero-order valence-corrected chi connectivity index (χ0v) is 9.03. The van der Waals surface area contributed by atoms with Crippen LogP contribution in [0.25, 0.3) is 0 Å². The average Bonchev–Trinajstić information content (AvgIpc) is 2.38. The molecule has 3 aliphatic carbocycles. The molecule has 0 spiro atoms. The van der Waals surface area contributed by atoms with Crippen molar-refractivity contribution in [3.8, 4) is 0 Å². The van der Waals surface area contributed by atoms with Crippen molar-refractivity contribution in [2.45, 2.75) is 38.5 Å². The third-order valence-corrected chi connectivity index (χ3v) is 4.33. The molecule has 3 rings (SSSR count). The van der Waals surface area contributed by atoms with Crippen LogP contribution in [0, 0.1) is 10.8 Å². The molecule has 0 unspecified atom stereocenters. The van der Waals surface area contributed by atoms with Crippen molar-refractivity contribution in [3.05, 3.63) is 0 Å². The van der Waals surface area contributed by atoms with Gasteiger partial charge in [0.1, 0.15) is 0 Å². The molecule has 0 atom stereocenters. The molecule has 3 aliphatic rings. The molecule has 0 saturated heterocycles. The molecule has 0 amide bonds. The van der Waals surface area contributed by atoms with Crippen LogP contribution >= 0.6 is 0 Å². The number of carbonyl (C=O) groups is 2. The lowest BCUT2D eigenvalue weighted by atomic mass is 9.54. The molecule has 16 heavy (non-hydrogen) atoms. The largest absolute Gasteiger partial charge is 0.373 e. The highest BCUT2D eigenvalue weighted by molar-refractivity contribution is 5.81. The van der Waals surface area contributed by atoms with Crippen LogP contribution in [0.1, 0.15) is 38.5 Å². The van der Waals surface area contributed by atoms with Crippen LogP contribution in [-0.4, -0.2) is 11.9 Å². The van der Waals surface area contributed by atoms with Crippen molar-refractivity contribution >= 4 is 11.9 Å². The fourth-order valence-electron chi connectivity index (χ4n) is 3.05. The van der Waals surface area contributed by atoms with Crippen LogP contribution in [0.2, 0.25) is 0 Å². The molecule has 3 fully saturated rings. The fourth-order valence-corrected chi connectivity index (χ4v) is 3.05. The first-order chi connectivity index (χ1) is 7.58. The van der Waals surface area contributed by atoms with Gasteiger partial charge in [0.25, 0.3) is 0 Å². The molecule has 6 nitrogen and oxygen atoms in total. The summed E-state index contributed by atoms with van der Waals surface area (Å²) in [5.74, 6) is 9.16. The van der Waals surface area contributed by atoms with Gasteiger partial charge in [0, 0.05) is 0 Å². The van der Waals surface area contributed by atoms with Crippen molar-refractivity contribution in [2.24, 2.45) is 22.6 Å². The Labute approximate surface area is 93.2 Å². The monoisotopic (exact) mass is 228 g/mol. The van der Waals surface area contributed by atoms with Gasteiger partial charge in [0.15, 0.2) is 0 Å². The Balaban J connectivity index is 2.14. The van der Waals surface area contributed by atoms with Gasteiger partial charge < -0.3 is 9.68 Å². The summed E-state index contributed by atoms with van der Waals surface area (Å²) < 4.78 is 0. The van der Waals surface area contributed by atoms with Gasteiger partial charge in [0.05, 0.1) is 10.8 Å². The van der Waals surface area contributed by atoms with Crippen molar-refractivity contribution in [1.82, 2.24) is 0 Å². The van der Waals surface area contributed by atoms with Crippen LogP contribution in [0.3, 0.4) is 0 Å². The molecule has 2 bridgehead atoms. The summed E-state index contributed by atoms with van der Waals surface area (Å²) in [7, 11) is 0. The predicted octanol–water partition coefficient (Wildman–Crippen LogP) is 0.161. The Morgan fingerprint density at radius 1 is 0.750 bits per heavy atom. The zero-order valence-electron chi connectivity index (χ0n) is 9.03. The van der Waals surface area contributed by atoms with E-state index in [0.29, 0.717) is 38.5 Å². The molecule has 90 valence electrons. The molecular formula is C10H16N2O4. The van der Waals surface area contributed by atoms with Gasteiger partial charge in [-0.05, 0) is 38.5 Å². The minimum Gasteiger partial charge on any atom is -0.373 e. The van der Waals surface area contributed by atoms with Crippen molar-refractivity contribution in [1.29, 1.82) is 0 Å². The summed E-state index contributed by atoms with van der Waals surface area (Å²) in [5, 5.41) is 0. The van der Waals surface area contributed by atoms with Crippen LogP contribution in [-0.2, 0) is 19.3 Å². The number of carbonyl (C=O) groups excluding carboxylic acids is 2. The van der Waals surface area contributed by atoms with Gasteiger partial charge in [0.2, 0.25) is 0 Å². The second kappa shape index (κ2) is 3.71. The molecule has 0 aromatic rings. The summed E-state index contributed by atoms with van der Waals surface area (Å²) in [6.07, 6.45) is 3.74. The van der Waals surface area contributed by atoms with E-state index in [-0.39, 0.29) is 11.9 Å². The van der Waals surface area contributed by atoms with Crippen LogP contribution in [0.15, 0.2) is 0 Å². The van der Waals surface area contributed by atoms with Crippen molar-refractivity contribution < 1.29 is 19.3 Å². The summed E-state index contributed by atoms with van der Waals surface area (Å²) >= 11 is 0. The van der Waals surface area contributed by atoms with Gasteiger partial charge in [-0.25, -0.2) is 9.59 Å². The minimum atomic E-state index is -0.481. The Morgan fingerprint density at radius 3 is 1.19 bits per heavy atom. The molecule has 4 N–H and O–H groups in total. The zero-order chi connectivity index (χ0) is 11.8. The number of hydrogen-bond acceptors (Lipinski definition) is 6. The van der Waals surface area contributed by atoms with Gasteiger partial charge >= 0.3 is 11.9 Å². The number of rotatable bonds is 2. The molecule has 0 aromatic carbocycles. The molecule has 0 aromatic heterocycles. The predicted molar refractivity (Wildman–Crippen MR) is 53.1 cm³/mol. The fraction of sp³-hybridized carbons (Fsp3) is 0.800. The lowest BCUT2D eigenvalue weighted by Gasteiger charge is -2.49. The molecule has 0 radical (unpaired) electrons. The maximum atomic E-state index is 11.6. The molecule has 0 aliphatic heterocycles. The quantitative estimate of drug-likeness (QED) is 0.652. The maximum absolute atomic E-state index is 11.6. The SMILES string of the molecule is NOC(=O)C12CCC(C(=O)ON)(CC1)CC2. The van der Waals surface area contributed by atoms with Gasteiger partial charge in [-0.1, -0.05) is 0 Å². The topological polar surface area (TPSA) is 105 Å². The van der Waals surface area contributed by atoms with Gasteiger partial charge in [-0.3, -0.25) is 0 Å². The van der Waals surface area contributed by atoms with Gasteiger partial charge in [-0.15, -0.1) is 0 Å². The standard InChI is InChI=1S/C10H16N2O4/c11-15-7(13)9-1-2-10(5-3-9,6-4-9)8(14)16-12/h1-6,11-12H2. The first-order valence-corrected chi connectivity index (χ1v) is 5.41. The van der Waals surface area contributed by atoms with E-state index < -0.39 is 10.8 Å². The van der Waals surface area contributed by atoms with Crippen molar-refractivity contribution in [2.75, 3.05) is 0 Å². The Morgan fingerprint density at radius 2 is 1.00 bits per heavy atom. The van der Waals surface area contributed by atoms with E-state index in [2.05, 4.69) is 9.68 Å². The Kier molecular flexibility index (Phi) is 2.63. The normalized spacial score (nSPS) is 36.9. The van der Waals surface area contributed by atoms with Crippen molar-refractivity contribution in [3.63, 3.8) is 0 Å². The Bertz CT molecular complexity index is 272. The summed E-state index contributed by atoms with van der Waals surface area (Å²) in [6, 6.07) is 0. The van der Waals surface area contributed by atoms with E-state index >= 15 is 0 Å². The van der Waals surface area contributed by atoms with Crippen LogP contribution < -0.4 is 11.8 Å². The molecule has 3 saturated carbocycles. The van der Waals surface area contributed by atoms with E-state index in [1.807, 2.05) is 0 Å². The minimum absolute atomic E-state index is 0.359. The lowest BCUT2D eigenvalue weighted by Crippen LogP contribution is -2.51. The van der Waals surface area contributed by atoms with E-state index in [9.17, 15) is 9.59 Å². The molecule has 0 heterocycles. The Hall–Kier alpha value is -1.14. The highest BCUT2D eigenvalue weighted by Crippen LogP contribution is 2.57.